The lowest BCUT2D eigenvalue weighted by atomic mass is 9.82. The highest BCUT2D eigenvalue weighted by molar-refractivity contribution is 5.80. The van der Waals surface area contributed by atoms with E-state index in [9.17, 15) is 9.90 Å². The molecule has 0 spiro atoms. The van der Waals surface area contributed by atoms with Crippen molar-refractivity contribution in [2.75, 3.05) is 18.5 Å². The molecule has 3 aromatic rings. The largest absolute Gasteiger partial charge is 0.394 e. The average molecular weight is 423 g/mol. The number of anilines is 1. The van der Waals surface area contributed by atoms with Gasteiger partial charge in [-0.1, -0.05) is 60.4 Å². The summed E-state index contributed by atoms with van der Waals surface area (Å²) in [6, 6.07) is 25.9. The van der Waals surface area contributed by atoms with Crippen LogP contribution < -0.4 is 5.32 Å². The average Bonchev–Trinajstić information content (AvgIpc) is 3.29. The highest BCUT2D eigenvalue weighted by Gasteiger charge is 2.45. The van der Waals surface area contributed by atoms with E-state index < -0.39 is 0 Å². The number of carbonyl (C=O) groups is 1. The smallest absolute Gasteiger partial charge is 0.227 e. The van der Waals surface area contributed by atoms with Crippen molar-refractivity contribution >= 4 is 11.6 Å². The Hall–Kier alpha value is -3.55. The van der Waals surface area contributed by atoms with Crippen molar-refractivity contribution in [3.63, 3.8) is 0 Å². The molecule has 2 N–H and O–H groups in total. The van der Waals surface area contributed by atoms with E-state index in [0.29, 0.717) is 13.0 Å². The van der Waals surface area contributed by atoms with Crippen molar-refractivity contribution < 1.29 is 9.90 Å². The van der Waals surface area contributed by atoms with Crippen molar-refractivity contribution in [3.8, 4) is 11.8 Å². The molecule has 4 heteroatoms. The van der Waals surface area contributed by atoms with Gasteiger partial charge in [0.2, 0.25) is 5.91 Å². The molecular formula is C28H26N2O2. The van der Waals surface area contributed by atoms with Crippen molar-refractivity contribution in [1.82, 2.24) is 4.90 Å². The van der Waals surface area contributed by atoms with Crippen LogP contribution in [-0.4, -0.2) is 35.1 Å². The Morgan fingerprint density at radius 3 is 2.44 bits per heavy atom. The summed E-state index contributed by atoms with van der Waals surface area (Å²) in [4.78, 5) is 15.3. The fourth-order valence-corrected chi connectivity index (χ4v) is 4.96. The number of likely N-dealkylation sites (tertiary alicyclic amines) is 1. The topological polar surface area (TPSA) is 52.6 Å². The molecule has 0 unspecified atom stereocenters. The van der Waals surface area contributed by atoms with Gasteiger partial charge in [0.25, 0.3) is 0 Å². The van der Waals surface area contributed by atoms with Crippen LogP contribution >= 0.6 is 0 Å². The molecule has 1 saturated heterocycles. The minimum atomic E-state index is -0.0525. The molecule has 5 rings (SSSR count). The number of hydrogen-bond donors (Lipinski definition) is 2. The number of rotatable bonds is 3. The minimum Gasteiger partial charge on any atom is -0.394 e. The minimum absolute atomic E-state index is 0.0434. The summed E-state index contributed by atoms with van der Waals surface area (Å²) < 4.78 is 0. The number of amides is 1. The second-order valence-electron chi connectivity index (χ2n) is 8.50. The maximum atomic E-state index is 13.3. The van der Waals surface area contributed by atoms with Crippen molar-refractivity contribution in [2.45, 2.75) is 24.9 Å². The van der Waals surface area contributed by atoms with E-state index in [4.69, 9.17) is 0 Å². The van der Waals surface area contributed by atoms with Crippen LogP contribution in [0.4, 0.5) is 5.69 Å². The van der Waals surface area contributed by atoms with Crippen LogP contribution in [0.1, 0.15) is 34.7 Å². The third-order valence-electron chi connectivity index (χ3n) is 6.51. The van der Waals surface area contributed by atoms with Gasteiger partial charge in [0.05, 0.1) is 25.1 Å². The van der Waals surface area contributed by atoms with E-state index in [1.165, 1.54) is 0 Å². The molecule has 0 aliphatic carbocycles. The predicted molar refractivity (Wildman–Crippen MR) is 126 cm³/mol. The molecule has 0 aromatic heterocycles. The van der Waals surface area contributed by atoms with Crippen LogP contribution in [0.2, 0.25) is 0 Å². The number of nitrogens with zero attached hydrogens (tertiary/aromatic N) is 1. The number of benzene rings is 3. The van der Waals surface area contributed by atoms with Gasteiger partial charge in [-0.25, -0.2) is 0 Å². The van der Waals surface area contributed by atoms with Crippen LogP contribution in [-0.2, 0) is 11.2 Å². The molecular weight excluding hydrogens is 396 g/mol. The molecule has 3 aromatic carbocycles. The monoisotopic (exact) mass is 422 g/mol. The highest BCUT2D eigenvalue weighted by Crippen LogP contribution is 2.46. The summed E-state index contributed by atoms with van der Waals surface area (Å²) >= 11 is 0. The maximum Gasteiger partial charge on any atom is 0.227 e. The molecule has 0 bridgehead atoms. The number of carbonyl (C=O) groups excluding carboxylic acids is 1. The fraction of sp³-hybridized carbons (Fsp3) is 0.250. The van der Waals surface area contributed by atoms with Gasteiger partial charge >= 0.3 is 0 Å². The lowest BCUT2D eigenvalue weighted by Gasteiger charge is -2.39. The van der Waals surface area contributed by atoms with Gasteiger partial charge in [0.1, 0.15) is 0 Å². The molecule has 4 nitrogen and oxygen atoms in total. The standard InChI is InChI=1S/C28H26N2O2/c31-19-26-23-15-16-30(27(32)18-21-9-5-2-6-10-21)28(23)24-17-22(13-14-25(24)29-26)12-11-20-7-3-1-4-8-20/h1-10,13-14,17,23,26,28-29,31H,15-16,18-19H2/t23-,26+,28-/m1/s1. The SMILES string of the molecule is O=C(Cc1ccccc1)N1CC[C@@H]2[C@H](CO)Nc3ccc(C#Cc4ccccc4)cc3[C@@H]21. The number of aliphatic hydroxyl groups excluding tert-OH is 1. The lowest BCUT2D eigenvalue weighted by Crippen LogP contribution is -2.43. The summed E-state index contributed by atoms with van der Waals surface area (Å²) in [5, 5.41) is 13.5. The number of nitrogens with one attached hydrogen (secondary N) is 1. The number of aliphatic hydroxyl groups is 1. The first kappa shape index (κ1) is 20.4. The van der Waals surface area contributed by atoms with Crippen molar-refractivity contribution in [2.24, 2.45) is 5.92 Å². The Morgan fingerprint density at radius 1 is 0.969 bits per heavy atom. The summed E-state index contributed by atoms with van der Waals surface area (Å²) in [6.07, 6.45) is 1.27. The number of hydrogen-bond acceptors (Lipinski definition) is 3. The van der Waals surface area contributed by atoms with Crippen LogP contribution in [0, 0.1) is 17.8 Å². The van der Waals surface area contributed by atoms with Gasteiger partial charge in [-0.3, -0.25) is 4.79 Å². The second-order valence-corrected chi connectivity index (χ2v) is 8.50. The summed E-state index contributed by atoms with van der Waals surface area (Å²) in [7, 11) is 0. The Morgan fingerprint density at radius 2 is 1.69 bits per heavy atom. The highest BCUT2D eigenvalue weighted by atomic mass is 16.3. The predicted octanol–water partition coefficient (Wildman–Crippen LogP) is 4.01. The van der Waals surface area contributed by atoms with E-state index >= 15 is 0 Å². The molecule has 2 aliphatic heterocycles. The van der Waals surface area contributed by atoms with E-state index in [2.05, 4.69) is 23.2 Å². The fourth-order valence-electron chi connectivity index (χ4n) is 4.96. The lowest BCUT2D eigenvalue weighted by molar-refractivity contribution is -0.131. The second kappa shape index (κ2) is 8.90. The quantitative estimate of drug-likeness (QED) is 0.627. The Labute approximate surface area is 188 Å². The molecule has 1 amide bonds. The normalized spacial score (nSPS) is 21.0. The first-order chi connectivity index (χ1) is 15.7. The molecule has 1 fully saturated rings. The Kier molecular flexibility index (Phi) is 5.66. The summed E-state index contributed by atoms with van der Waals surface area (Å²) in [5.74, 6) is 6.81. The Bertz CT molecular complexity index is 1160. The third-order valence-corrected chi connectivity index (χ3v) is 6.51. The first-order valence-corrected chi connectivity index (χ1v) is 11.1. The van der Waals surface area contributed by atoms with Gasteiger partial charge in [0.15, 0.2) is 0 Å². The van der Waals surface area contributed by atoms with E-state index in [0.717, 1.165) is 34.4 Å². The van der Waals surface area contributed by atoms with Crippen LogP contribution in [0.15, 0.2) is 78.9 Å². The zero-order chi connectivity index (χ0) is 21.9. The van der Waals surface area contributed by atoms with Gasteiger partial charge < -0.3 is 15.3 Å². The molecule has 160 valence electrons. The van der Waals surface area contributed by atoms with Gasteiger partial charge in [-0.2, -0.15) is 0 Å². The van der Waals surface area contributed by atoms with E-state index in [1.54, 1.807) is 0 Å². The number of fused-ring (bicyclic) bond motifs is 3. The Balaban J connectivity index is 1.47. The van der Waals surface area contributed by atoms with Gasteiger partial charge in [0, 0.05) is 29.3 Å². The summed E-state index contributed by atoms with van der Waals surface area (Å²) in [6.45, 7) is 0.759. The molecule has 0 saturated carbocycles. The van der Waals surface area contributed by atoms with E-state index in [-0.39, 0.29) is 30.5 Å². The van der Waals surface area contributed by atoms with Gasteiger partial charge in [-0.15, -0.1) is 0 Å². The first-order valence-electron chi connectivity index (χ1n) is 11.1. The summed E-state index contributed by atoms with van der Waals surface area (Å²) in [5.41, 5.74) is 5.00. The van der Waals surface area contributed by atoms with E-state index in [1.807, 2.05) is 77.7 Å². The molecule has 2 heterocycles. The van der Waals surface area contributed by atoms with Crippen LogP contribution in [0.25, 0.3) is 0 Å². The van der Waals surface area contributed by atoms with Crippen LogP contribution in [0.5, 0.6) is 0 Å². The van der Waals surface area contributed by atoms with Gasteiger partial charge in [-0.05, 0) is 47.9 Å². The molecule has 0 radical (unpaired) electrons. The molecule has 32 heavy (non-hydrogen) atoms. The van der Waals surface area contributed by atoms with Crippen molar-refractivity contribution in [1.29, 1.82) is 0 Å². The zero-order valence-corrected chi connectivity index (χ0v) is 17.9. The maximum absolute atomic E-state index is 13.3. The molecule has 2 aliphatic rings. The zero-order valence-electron chi connectivity index (χ0n) is 17.9. The molecule has 3 atom stereocenters. The third kappa shape index (κ3) is 4.00. The van der Waals surface area contributed by atoms with Crippen LogP contribution in [0.3, 0.4) is 0 Å². The van der Waals surface area contributed by atoms with Crippen molar-refractivity contribution in [3.05, 3.63) is 101 Å².